The molecule has 0 atom stereocenters. The molecule has 2 N–H and O–H groups in total. The molecule has 0 aliphatic carbocycles. The Kier molecular flexibility index (Phi) is 6.32. The van der Waals surface area contributed by atoms with Gasteiger partial charge in [0.2, 0.25) is 0 Å². The number of benzene rings is 1. The summed E-state index contributed by atoms with van der Waals surface area (Å²) in [5.41, 5.74) is -0.538. The molecular formula is C20H18N2O6Sn. The summed E-state index contributed by atoms with van der Waals surface area (Å²) >= 11 is -4.63. The Labute approximate surface area is 171 Å². The van der Waals surface area contributed by atoms with Crippen LogP contribution in [0, 0.1) is 0 Å². The Hall–Kier alpha value is -3.14. The fourth-order valence-corrected chi connectivity index (χ4v) is 9.72. The van der Waals surface area contributed by atoms with Gasteiger partial charge in [0, 0.05) is 0 Å². The molecule has 0 spiro atoms. The number of nitrogens with zero attached hydrogens (tertiary/aromatic N) is 2. The van der Waals surface area contributed by atoms with Gasteiger partial charge in [-0.15, -0.1) is 0 Å². The minimum atomic E-state index is -4.63. The summed E-state index contributed by atoms with van der Waals surface area (Å²) in [6.07, 6.45) is 2.69. The molecular weight excluding hydrogens is 483 g/mol. The summed E-state index contributed by atoms with van der Waals surface area (Å²) in [6.45, 7) is 1.75. The molecule has 0 aliphatic rings. The van der Waals surface area contributed by atoms with Crippen LogP contribution in [0.3, 0.4) is 0 Å². The van der Waals surface area contributed by atoms with Gasteiger partial charge in [0.1, 0.15) is 0 Å². The van der Waals surface area contributed by atoms with E-state index in [9.17, 15) is 19.8 Å². The van der Waals surface area contributed by atoms with Crippen molar-refractivity contribution in [3.8, 4) is 11.5 Å². The third kappa shape index (κ3) is 4.48. The van der Waals surface area contributed by atoms with Crippen LogP contribution in [0.25, 0.3) is 0 Å². The molecule has 0 bridgehead atoms. The van der Waals surface area contributed by atoms with Gasteiger partial charge in [0.05, 0.1) is 0 Å². The zero-order valence-electron chi connectivity index (χ0n) is 15.5. The topological polar surface area (TPSA) is 119 Å². The number of aromatic nitrogens is 2. The maximum absolute atomic E-state index is 12.7. The zero-order valence-corrected chi connectivity index (χ0v) is 18.3. The van der Waals surface area contributed by atoms with Crippen molar-refractivity contribution in [2.24, 2.45) is 0 Å². The van der Waals surface area contributed by atoms with Crippen molar-refractivity contribution >= 4 is 34.7 Å². The van der Waals surface area contributed by atoms with E-state index in [1.165, 1.54) is 36.7 Å². The Morgan fingerprint density at radius 1 is 0.828 bits per heavy atom. The first-order valence-electron chi connectivity index (χ1n) is 8.77. The molecule has 8 nitrogen and oxygen atoms in total. The average molecular weight is 501 g/mol. The van der Waals surface area contributed by atoms with Crippen LogP contribution in [0.5, 0.6) is 11.5 Å². The zero-order chi connectivity index (χ0) is 20.9. The summed E-state index contributed by atoms with van der Waals surface area (Å²) in [5, 5.41) is 19.9. The average Bonchev–Trinajstić information content (AvgIpc) is 2.74. The van der Waals surface area contributed by atoms with Crippen LogP contribution in [0.15, 0.2) is 67.0 Å². The summed E-state index contributed by atoms with van der Waals surface area (Å²) in [5.74, 6) is -2.45. The third-order valence-electron chi connectivity index (χ3n) is 4.15. The van der Waals surface area contributed by atoms with Crippen molar-refractivity contribution in [1.82, 2.24) is 9.97 Å². The number of pyridine rings is 2. The minimum absolute atomic E-state index is 0.261. The van der Waals surface area contributed by atoms with Crippen molar-refractivity contribution in [2.75, 3.05) is 0 Å². The Morgan fingerprint density at radius 3 is 1.72 bits per heavy atom. The summed E-state index contributed by atoms with van der Waals surface area (Å²) in [7, 11) is 0. The van der Waals surface area contributed by atoms with Crippen molar-refractivity contribution in [1.29, 1.82) is 0 Å². The van der Waals surface area contributed by atoms with E-state index in [0.717, 1.165) is 0 Å². The molecule has 2 aromatic heterocycles. The van der Waals surface area contributed by atoms with Gasteiger partial charge in [-0.3, -0.25) is 0 Å². The number of hydrogen-bond acceptors (Lipinski definition) is 8. The predicted octanol–water partition coefficient (Wildman–Crippen LogP) is 2.27. The van der Waals surface area contributed by atoms with Crippen molar-refractivity contribution in [3.63, 3.8) is 0 Å². The molecule has 3 aromatic rings. The van der Waals surface area contributed by atoms with E-state index in [-0.39, 0.29) is 27.3 Å². The molecule has 0 fully saturated rings. The van der Waals surface area contributed by atoms with E-state index in [4.69, 9.17) is 6.15 Å². The first kappa shape index (κ1) is 20.6. The normalized spacial score (nSPS) is 10.9. The van der Waals surface area contributed by atoms with Gasteiger partial charge in [-0.25, -0.2) is 0 Å². The van der Waals surface area contributed by atoms with Crippen LogP contribution in [-0.2, 0) is 6.15 Å². The van der Waals surface area contributed by atoms with Crippen LogP contribution in [0.2, 0.25) is 4.44 Å². The molecule has 0 radical (unpaired) electrons. The van der Waals surface area contributed by atoms with Crippen LogP contribution in [0.1, 0.15) is 27.9 Å². The molecule has 2 heterocycles. The molecule has 0 saturated carbocycles. The van der Waals surface area contributed by atoms with Crippen LogP contribution in [-0.4, -0.2) is 51.3 Å². The van der Waals surface area contributed by atoms with Gasteiger partial charge in [0.15, 0.2) is 0 Å². The van der Waals surface area contributed by atoms with Crippen LogP contribution in [0.4, 0.5) is 0 Å². The molecule has 0 aliphatic heterocycles. The number of hydrogen-bond donors (Lipinski definition) is 2. The van der Waals surface area contributed by atoms with Crippen molar-refractivity contribution in [3.05, 3.63) is 78.4 Å². The number of carbonyl (C=O) groups excluding carboxylic acids is 2. The molecule has 3 rings (SSSR count). The fourth-order valence-electron chi connectivity index (χ4n) is 2.68. The van der Waals surface area contributed by atoms with Gasteiger partial charge < -0.3 is 0 Å². The van der Waals surface area contributed by atoms with E-state index < -0.39 is 31.1 Å². The van der Waals surface area contributed by atoms with E-state index >= 15 is 0 Å². The van der Waals surface area contributed by atoms with Gasteiger partial charge >= 0.3 is 172 Å². The Morgan fingerprint density at radius 2 is 1.31 bits per heavy atom. The summed E-state index contributed by atoms with van der Waals surface area (Å²) < 4.78 is 12.4. The molecule has 1 aromatic carbocycles. The van der Waals surface area contributed by atoms with Gasteiger partial charge in [0.25, 0.3) is 0 Å². The number of aromatic hydroxyl groups is 2. The summed E-state index contributed by atoms with van der Waals surface area (Å²) in [4.78, 5) is 33.2. The fraction of sp³-hybridized carbons (Fsp3) is 0.100. The van der Waals surface area contributed by atoms with Gasteiger partial charge in [-0.2, -0.15) is 0 Å². The van der Waals surface area contributed by atoms with Gasteiger partial charge in [-0.1, -0.05) is 0 Å². The van der Waals surface area contributed by atoms with E-state index in [0.29, 0.717) is 3.58 Å². The van der Waals surface area contributed by atoms with Crippen LogP contribution >= 0.6 is 0 Å². The molecule has 0 saturated heterocycles. The standard InChI is InChI=1S/2C6H5NO3.C6H5.C2H5.Sn/c2*8-4-2-1-3-7-5(4)6(9)10;1-2-4-6-5-3-1;1-2;/h2*1-3,8H,(H,9,10);1-5H;1H2,2H3;/q;;;;+2/p-2. The molecule has 148 valence electrons. The van der Waals surface area contributed by atoms with E-state index in [1.807, 2.05) is 0 Å². The second-order valence-corrected chi connectivity index (χ2v) is 15.1. The quantitative estimate of drug-likeness (QED) is 0.495. The predicted molar refractivity (Wildman–Crippen MR) is 105 cm³/mol. The van der Waals surface area contributed by atoms with Crippen LogP contribution < -0.4 is 3.58 Å². The maximum atomic E-state index is 12.7. The Balaban J connectivity index is 2.00. The molecule has 0 amide bonds. The third-order valence-corrected chi connectivity index (χ3v) is 13.2. The molecule has 9 heteroatoms. The monoisotopic (exact) mass is 502 g/mol. The van der Waals surface area contributed by atoms with Crippen molar-refractivity contribution in [2.45, 2.75) is 11.4 Å². The first-order valence-corrected chi connectivity index (χ1v) is 14.5. The SMILES string of the molecule is C[CH2][Sn]([O]C(=O)c1ncccc1O)([O]C(=O)c1ncccc1O)[c]1ccccc1. The molecule has 0 unspecified atom stereocenters. The second-order valence-electron chi connectivity index (χ2n) is 5.99. The van der Waals surface area contributed by atoms with Crippen molar-refractivity contribution < 1.29 is 26.0 Å². The number of rotatable bonds is 6. The number of carbonyl (C=O) groups is 2. The second kappa shape index (κ2) is 8.91. The molecule has 29 heavy (non-hydrogen) atoms. The first-order chi connectivity index (χ1) is 14.0. The Bertz CT molecular complexity index is 969. The van der Waals surface area contributed by atoms with E-state index in [1.54, 1.807) is 37.3 Å². The van der Waals surface area contributed by atoms with E-state index in [2.05, 4.69) is 9.97 Å². The summed E-state index contributed by atoms with van der Waals surface area (Å²) in [6, 6.07) is 14.3. The van der Waals surface area contributed by atoms with Gasteiger partial charge in [-0.05, 0) is 0 Å².